The summed E-state index contributed by atoms with van der Waals surface area (Å²) in [4.78, 5) is 0. The van der Waals surface area contributed by atoms with Gasteiger partial charge in [-0.05, 0) is 13.3 Å². The van der Waals surface area contributed by atoms with Gasteiger partial charge in [-0.2, -0.15) is 0 Å². The van der Waals surface area contributed by atoms with Crippen LogP contribution in [0.2, 0.25) is 0 Å². The van der Waals surface area contributed by atoms with Crippen LogP contribution in [-0.4, -0.2) is 11.2 Å². The molecule has 0 saturated heterocycles. The maximum Gasteiger partial charge on any atom is 0.111 e. The van der Waals surface area contributed by atoms with E-state index in [0.717, 1.165) is 6.42 Å². The minimum atomic E-state index is -0.460. The Morgan fingerprint density at radius 2 is 1.22 bits per heavy atom. The molecule has 0 heterocycles. The summed E-state index contributed by atoms with van der Waals surface area (Å²) in [6, 6.07) is 0. The standard InChI is InChI=1S/C17H32O/c1-3-4-5-6-7-8-9-10-11-12-13-14-15-16-17(2)18/h17-18H,3-14H2,1-2H3. The third-order valence-corrected chi connectivity index (χ3v) is 3.22. The van der Waals surface area contributed by atoms with Crippen molar-refractivity contribution in [2.45, 2.75) is 97.0 Å². The summed E-state index contributed by atoms with van der Waals surface area (Å²) in [5, 5.41) is 8.96. The molecule has 1 N–H and O–H groups in total. The lowest BCUT2D eigenvalue weighted by molar-refractivity contribution is 0.253. The van der Waals surface area contributed by atoms with Gasteiger partial charge in [-0.1, -0.05) is 77.1 Å². The maximum atomic E-state index is 8.96. The van der Waals surface area contributed by atoms with Crippen LogP contribution in [0.5, 0.6) is 0 Å². The van der Waals surface area contributed by atoms with E-state index in [-0.39, 0.29) is 0 Å². The van der Waals surface area contributed by atoms with Gasteiger partial charge in [0.15, 0.2) is 0 Å². The van der Waals surface area contributed by atoms with Crippen LogP contribution < -0.4 is 0 Å². The van der Waals surface area contributed by atoms with E-state index in [1.54, 1.807) is 6.92 Å². The number of unbranched alkanes of at least 4 members (excludes halogenated alkanes) is 11. The monoisotopic (exact) mass is 252 g/mol. The van der Waals surface area contributed by atoms with Crippen LogP contribution in [-0.2, 0) is 0 Å². The molecule has 1 nitrogen and oxygen atoms in total. The highest BCUT2D eigenvalue weighted by Crippen LogP contribution is 2.11. The number of aliphatic hydroxyl groups is 1. The highest BCUT2D eigenvalue weighted by Gasteiger charge is 1.92. The average Bonchev–Trinajstić information content (AvgIpc) is 2.34. The molecule has 0 aromatic rings. The summed E-state index contributed by atoms with van der Waals surface area (Å²) in [5.74, 6) is 5.80. The molecular weight excluding hydrogens is 220 g/mol. The Hall–Kier alpha value is -0.480. The molecule has 1 heteroatoms. The average molecular weight is 252 g/mol. The minimum absolute atomic E-state index is 0.460. The van der Waals surface area contributed by atoms with Crippen molar-refractivity contribution in [3.63, 3.8) is 0 Å². The predicted molar refractivity (Wildman–Crippen MR) is 80.5 cm³/mol. The van der Waals surface area contributed by atoms with Gasteiger partial charge >= 0.3 is 0 Å². The lowest BCUT2D eigenvalue weighted by Gasteiger charge is -2.01. The Balaban J connectivity index is 3.02. The fourth-order valence-electron chi connectivity index (χ4n) is 2.10. The van der Waals surface area contributed by atoms with Crippen molar-refractivity contribution >= 4 is 0 Å². The van der Waals surface area contributed by atoms with E-state index in [2.05, 4.69) is 18.8 Å². The van der Waals surface area contributed by atoms with Crippen LogP contribution in [0.15, 0.2) is 0 Å². The molecule has 0 aromatic carbocycles. The molecule has 0 aromatic heterocycles. The zero-order valence-corrected chi connectivity index (χ0v) is 12.5. The fourth-order valence-corrected chi connectivity index (χ4v) is 2.10. The van der Waals surface area contributed by atoms with Crippen LogP contribution >= 0.6 is 0 Å². The van der Waals surface area contributed by atoms with Crippen LogP contribution in [0, 0.1) is 11.8 Å². The zero-order chi connectivity index (χ0) is 13.5. The highest BCUT2D eigenvalue weighted by molar-refractivity contribution is 5.02. The number of aliphatic hydroxyl groups excluding tert-OH is 1. The maximum absolute atomic E-state index is 8.96. The molecule has 0 bridgehead atoms. The van der Waals surface area contributed by atoms with E-state index in [1.807, 2.05) is 0 Å². The van der Waals surface area contributed by atoms with Crippen molar-refractivity contribution in [2.24, 2.45) is 0 Å². The van der Waals surface area contributed by atoms with Gasteiger partial charge in [-0.25, -0.2) is 0 Å². The van der Waals surface area contributed by atoms with E-state index >= 15 is 0 Å². The SMILES string of the molecule is CCCCCCCCCCCCCC#CC(C)O. The summed E-state index contributed by atoms with van der Waals surface area (Å²) >= 11 is 0. The van der Waals surface area contributed by atoms with E-state index in [0.29, 0.717) is 0 Å². The zero-order valence-electron chi connectivity index (χ0n) is 12.5. The van der Waals surface area contributed by atoms with Crippen LogP contribution in [0.1, 0.15) is 90.9 Å². The fraction of sp³-hybridized carbons (Fsp3) is 0.882. The van der Waals surface area contributed by atoms with E-state index in [1.165, 1.54) is 70.6 Å². The molecule has 0 spiro atoms. The summed E-state index contributed by atoms with van der Waals surface area (Å²) in [5.41, 5.74) is 0. The normalized spacial score (nSPS) is 11.9. The van der Waals surface area contributed by atoms with Gasteiger partial charge in [0, 0.05) is 6.42 Å². The third kappa shape index (κ3) is 15.5. The predicted octanol–water partition coefficient (Wildman–Crippen LogP) is 5.07. The second-order valence-electron chi connectivity index (χ2n) is 5.28. The molecule has 0 aliphatic carbocycles. The molecule has 1 atom stereocenters. The molecule has 0 aliphatic rings. The van der Waals surface area contributed by atoms with Gasteiger partial charge in [-0.3, -0.25) is 0 Å². The second-order valence-corrected chi connectivity index (χ2v) is 5.28. The third-order valence-electron chi connectivity index (χ3n) is 3.22. The second kappa shape index (κ2) is 14.6. The van der Waals surface area contributed by atoms with Crippen LogP contribution in [0.4, 0.5) is 0 Å². The Morgan fingerprint density at radius 3 is 1.67 bits per heavy atom. The largest absolute Gasteiger partial charge is 0.381 e. The molecule has 0 rings (SSSR count). The highest BCUT2D eigenvalue weighted by atomic mass is 16.3. The minimum Gasteiger partial charge on any atom is -0.381 e. The molecule has 1 unspecified atom stereocenters. The number of rotatable bonds is 11. The molecule has 0 fully saturated rings. The first-order chi connectivity index (χ1) is 8.77. The summed E-state index contributed by atoms with van der Waals surface area (Å²) in [7, 11) is 0. The molecule has 106 valence electrons. The van der Waals surface area contributed by atoms with Crippen LogP contribution in [0.25, 0.3) is 0 Å². The van der Waals surface area contributed by atoms with Crippen molar-refractivity contribution in [1.29, 1.82) is 0 Å². The van der Waals surface area contributed by atoms with E-state index in [9.17, 15) is 0 Å². The van der Waals surface area contributed by atoms with Crippen molar-refractivity contribution in [2.75, 3.05) is 0 Å². The van der Waals surface area contributed by atoms with E-state index < -0.39 is 6.10 Å². The molecule has 0 amide bonds. The van der Waals surface area contributed by atoms with Gasteiger partial charge in [0.2, 0.25) is 0 Å². The Labute approximate surface area is 114 Å². The van der Waals surface area contributed by atoms with Crippen molar-refractivity contribution in [1.82, 2.24) is 0 Å². The Bertz CT molecular complexity index is 209. The summed E-state index contributed by atoms with van der Waals surface area (Å²) in [6.07, 6.45) is 15.6. The van der Waals surface area contributed by atoms with Crippen molar-refractivity contribution in [3.05, 3.63) is 0 Å². The smallest absolute Gasteiger partial charge is 0.111 e. The first-order valence-electron chi connectivity index (χ1n) is 7.93. The molecule has 0 aliphatic heterocycles. The quantitative estimate of drug-likeness (QED) is 0.402. The van der Waals surface area contributed by atoms with Gasteiger partial charge < -0.3 is 5.11 Å². The molecule has 18 heavy (non-hydrogen) atoms. The van der Waals surface area contributed by atoms with Gasteiger partial charge in [0.25, 0.3) is 0 Å². The molecular formula is C17H32O. The van der Waals surface area contributed by atoms with Crippen molar-refractivity contribution in [3.8, 4) is 11.8 Å². The Morgan fingerprint density at radius 1 is 0.778 bits per heavy atom. The molecule has 0 radical (unpaired) electrons. The first-order valence-corrected chi connectivity index (χ1v) is 7.93. The first kappa shape index (κ1) is 17.5. The van der Waals surface area contributed by atoms with Crippen LogP contribution in [0.3, 0.4) is 0 Å². The van der Waals surface area contributed by atoms with Crippen molar-refractivity contribution < 1.29 is 5.11 Å². The van der Waals surface area contributed by atoms with Gasteiger partial charge in [0.1, 0.15) is 6.10 Å². The summed E-state index contributed by atoms with van der Waals surface area (Å²) in [6.45, 7) is 3.99. The van der Waals surface area contributed by atoms with E-state index in [4.69, 9.17) is 5.11 Å². The number of hydrogen-bond acceptors (Lipinski definition) is 1. The lowest BCUT2D eigenvalue weighted by Crippen LogP contribution is -1.92. The Kier molecular flexibility index (Phi) is 14.2. The van der Waals surface area contributed by atoms with Gasteiger partial charge in [0.05, 0.1) is 0 Å². The lowest BCUT2D eigenvalue weighted by atomic mass is 10.1. The topological polar surface area (TPSA) is 20.2 Å². The molecule has 0 saturated carbocycles. The number of hydrogen-bond donors (Lipinski definition) is 1. The van der Waals surface area contributed by atoms with Gasteiger partial charge in [-0.15, -0.1) is 5.92 Å². The summed E-state index contributed by atoms with van der Waals surface area (Å²) < 4.78 is 0.